The number of pyridine rings is 1. The number of furan rings is 2. The van der Waals surface area contributed by atoms with Gasteiger partial charge in [-0.25, -0.2) is 0 Å². The van der Waals surface area contributed by atoms with Crippen LogP contribution in [0.3, 0.4) is 0 Å². The molecule has 168 valence electrons. The maximum Gasteiger partial charge on any atom is 0.173 e. The van der Waals surface area contributed by atoms with Crippen LogP contribution in [0, 0.1) is 6.92 Å². The van der Waals surface area contributed by atoms with Gasteiger partial charge in [0.05, 0.1) is 12.0 Å². The minimum Gasteiger partial charge on any atom is -0.491 e. The van der Waals surface area contributed by atoms with E-state index in [1.54, 1.807) is 13.3 Å². The van der Waals surface area contributed by atoms with Crippen molar-refractivity contribution in [2.24, 2.45) is 0 Å². The van der Waals surface area contributed by atoms with Gasteiger partial charge in [0.25, 0.3) is 0 Å². The number of aromatic nitrogens is 1. The molecule has 0 unspecified atom stereocenters. The molecule has 3 aromatic heterocycles. The molecule has 0 spiro atoms. The number of nitrogens with zero attached hydrogens (tertiary/aromatic N) is 1. The first-order valence-corrected chi connectivity index (χ1v) is 11.0. The molecule has 0 aliphatic heterocycles. The lowest BCUT2D eigenvalue weighted by Crippen LogP contribution is -2.20. The van der Waals surface area contributed by atoms with Crippen LogP contribution in [0.4, 0.5) is 0 Å². The van der Waals surface area contributed by atoms with E-state index in [9.17, 15) is 0 Å². The summed E-state index contributed by atoms with van der Waals surface area (Å²) in [5.74, 6) is 2.24. The first-order valence-electron chi connectivity index (χ1n) is 11.0. The molecular weight excluding hydrogens is 416 g/mol. The molecule has 1 N–H and O–H groups in total. The standard InChI is InChI=1S/C27H26N2O4/c1-18-26-23(31-12-11-29-16-20-5-4-10-28-15-20)6-3-7-24(26)33-27(18)25-14-21-13-19(17-30-2)8-9-22(21)32-25/h3-10,13-15,29H,11-12,16-17H2,1-2H3. The quantitative estimate of drug-likeness (QED) is 0.288. The average molecular weight is 443 g/mol. The van der Waals surface area contributed by atoms with Gasteiger partial charge < -0.3 is 23.6 Å². The zero-order valence-electron chi connectivity index (χ0n) is 18.8. The predicted octanol–water partition coefficient (Wildman–Crippen LogP) is 5.86. The lowest BCUT2D eigenvalue weighted by atomic mass is 10.1. The Morgan fingerprint density at radius 2 is 1.91 bits per heavy atom. The SMILES string of the molecule is COCc1ccc2oc(-c3oc4cccc(OCCNCc5cccnc5)c4c3C)cc2c1. The monoisotopic (exact) mass is 442 g/mol. The van der Waals surface area contributed by atoms with Crippen molar-refractivity contribution in [1.29, 1.82) is 0 Å². The minimum absolute atomic E-state index is 0.548. The third-order valence-corrected chi connectivity index (χ3v) is 5.62. The number of benzene rings is 2. The van der Waals surface area contributed by atoms with Crippen molar-refractivity contribution in [3.8, 4) is 17.3 Å². The zero-order chi connectivity index (χ0) is 22.6. The molecule has 0 amide bonds. The van der Waals surface area contributed by atoms with Gasteiger partial charge in [-0.15, -0.1) is 0 Å². The van der Waals surface area contributed by atoms with E-state index in [1.807, 2.05) is 55.6 Å². The highest BCUT2D eigenvalue weighted by Crippen LogP contribution is 2.39. The molecule has 0 atom stereocenters. The largest absolute Gasteiger partial charge is 0.491 e. The Morgan fingerprint density at radius 3 is 2.76 bits per heavy atom. The zero-order valence-corrected chi connectivity index (χ0v) is 18.8. The number of fused-ring (bicyclic) bond motifs is 2. The summed E-state index contributed by atoms with van der Waals surface area (Å²) in [5, 5.41) is 5.38. The van der Waals surface area contributed by atoms with Crippen LogP contribution in [0.1, 0.15) is 16.7 Å². The van der Waals surface area contributed by atoms with E-state index in [1.165, 1.54) is 0 Å². The molecule has 5 aromatic rings. The maximum atomic E-state index is 6.20. The Labute approximate surface area is 192 Å². The summed E-state index contributed by atoms with van der Waals surface area (Å²) < 4.78 is 23.6. The van der Waals surface area contributed by atoms with Gasteiger partial charge in [-0.3, -0.25) is 4.98 Å². The van der Waals surface area contributed by atoms with Gasteiger partial charge in [0.1, 0.15) is 23.5 Å². The first kappa shape index (κ1) is 21.2. The maximum absolute atomic E-state index is 6.20. The van der Waals surface area contributed by atoms with Gasteiger partial charge in [0, 0.05) is 43.5 Å². The van der Waals surface area contributed by atoms with Gasteiger partial charge in [-0.1, -0.05) is 18.2 Å². The van der Waals surface area contributed by atoms with Crippen LogP contribution in [0.5, 0.6) is 5.75 Å². The molecule has 0 saturated carbocycles. The Balaban J connectivity index is 1.34. The second-order valence-electron chi connectivity index (χ2n) is 7.99. The topological polar surface area (TPSA) is 69.7 Å². The molecule has 0 aliphatic carbocycles. The summed E-state index contributed by atoms with van der Waals surface area (Å²) in [7, 11) is 1.69. The second-order valence-corrected chi connectivity index (χ2v) is 7.99. The van der Waals surface area contributed by atoms with E-state index in [-0.39, 0.29) is 0 Å². The van der Waals surface area contributed by atoms with Crippen molar-refractivity contribution < 1.29 is 18.3 Å². The number of rotatable bonds is 9. The molecule has 0 saturated heterocycles. The Kier molecular flexibility index (Phi) is 6.11. The molecule has 3 heterocycles. The van der Waals surface area contributed by atoms with Crippen molar-refractivity contribution in [1.82, 2.24) is 10.3 Å². The summed E-state index contributed by atoms with van der Waals surface area (Å²) in [6.45, 7) is 4.64. The molecule has 6 nitrogen and oxygen atoms in total. The second kappa shape index (κ2) is 9.48. The average Bonchev–Trinajstić information content (AvgIpc) is 3.41. The smallest absolute Gasteiger partial charge is 0.173 e. The van der Waals surface area contributed by atoms with Crippen LogP contribution in [0.15, 0.2) is 75.8 Å². The summed E-state index contributed by atoms with van der Waals surface area (Å²) in [6, 6.07) is 18.0. The Hall–Kier alpha value is -3.61. The predicted molar refractivity (Wildman–Crippen MR) is 128 cm³/mol. The lowest BCUT2D eigenvalue weighted by Gasteiger charge is -2.09. The van der Waals surface area contributed by atoms with Gasteiger partial charge >= 0.3 is 0 Å². The third-order valence-electron chi connectivity index (χ3n) is 5.62. The van der Waals surface area contributed by atoms with Crippen LogP contribution in [0.25, 0.3) is 33.5 Å². The van der Waals surface area contributed by atoms with E-state index in [4.69, 9.17) is 18.3 Å². The van der Waals surface area contributed by atoms with E-state index in [0.717, 1.165) is 63.2 Å². The molecule has 0 fully saturated rings. The molecule has 0 radical (unpaired) electrons. The van der Waals surface area contributed by atoms with Gasteiger partial charge in [-0.2, -0.15) is 0 Å². The fourth-order valence-corrected chi connectivity index (χ4v) is 4.05. The summed E-state index contributed by atoms with van der Waals surface area (Å²) in [4.78, 5) is 4.13. The highest BCUT2D eigenvalue weighted by molar-refractivity contribution is 5.93. The van der Waals surface area contributed by atoms with Crippen LogP contribution in [0.2, 0.25) is 0 Å². The van der Waals surface area contributed by atoms with E-state index in [2.05, 4.69) is 22.4 Å². The molecular formula is C27H26N2O4. The van der Waals surface area contributed by atoms with Crippen molar-refractivity contribution in [2.45, 2.75) is 20.1 Å². The molecule has 0 bridgehead atoms. The van der Waals surface area contributed by atoms with Crippen LogP contribution < -0.4 is 10.1 Å². The van der Waals surface area contributed by atoms with Crippen molar-refractivity contribution in [2.75, 3.05) is 20.3 Å². The van der Waals surface area contributed by atoms with Crippen molar-refractivity contribution >= 4 is 21.9 Å². The fourth-order valence-electron chi connectivity index (χ4n) is 4.05. The molecule has 6 heteroatoms. The Morgan fingerprint density at radius 1 is 0.970 bits per heavy atom. The van der Waals surface area contributed by atoms with E-state index in [0.29, 0.717) is 19.0 Å². The Bertz CT molecular complexity index is 1370. The number of aryl methyl sites for hydroxylation is 1. The van der Waals surface area contributed by atoms with Gasteiger partial charge in [-0.05, 0) is 54.4 Å². The lowest BCUT2D eigenvalue weighted by molar-refractivity contribution is 0.185. The first-order chi connectivity index (χ1) is 16.2. The molecule has 0 aliphatic rings. The molecule has 5 rings (SSSR count). The number of methoxy groups -OCH3 is 1. The molecule has 2 aromatic carbocycles. The normalized spacial score (nSPS) is 11.5. The summed E-state index contributed by atoms with van der Waals surface area (Å²) in [5.41, 5.74) is 4.85. The van der Waals surface area contributed by atoms with E-state index >= 15 is 0 Å². The molecule has 33 heavy (non-hydrogen) atoms. The van der Waals surface area contributed by atoms with Gasteiger partial charge in [0.2, 0.25) is 0 Å². The number of hydrogen-bond donors (Lipinski definition) is 1. The van der Waals surface area contributed by atoms with E-state index < -0.39 is 0 Å². The summed E-state index contributed by atoms with van der Waals surface area (Å²) >= 11 is 0. The van der Waals surface area contributed by atoms with Gasteiger partial charge in [0.15, 0.2) is 11.5 Å². The summed E-state index contributed by atoms with van der Waals surface area (Å²) in [6.07, 6.45) is 3.64. The van der Waals surface area contributed by atoms with Crippen molar-refractivity contribution in [3.63, 3.8) is 0 Å². The number of nitrogens with one attached hydrogen (secondary N) is 1. The highest BCUT2D eigenvalue weighted by Gasteiger charge is 2.19. The van der Waals surface area contributed by atoms with Crippen LogP contribution in [-0.4, -0.2) is 25.2 Å². The van der Waals surface area contributed by atoms with Crippen molar-refractivity contribution in [3.05, 3.63) is 83.7 Å². The fraction of sp³-hybridized carbons (Fsp3) is 0.222. The highest BCUT2D eigenvalue weighted by atomic mass is 16.5. The van der Waals surface area contributed by atoms with Crippen LogP contribution >= 0.6 is 0 Å². The number of ether oxygens (including phenoxy) is 2. The third kappa shape index (κ3) is 4.49. The minimum atomic E-state index is 0.548. The number of hydrogen-bond acceptors (Lipinski definition) is 6. The van der Waals surface area contributed by atoms with Crippen LogP contribution in [-0.2, 0) is 17.9 Å².